The number of hydrogen-bond acceptors (Lipinski definition) is 3. The molecule has 1 saturated heterocycles. The van der Waals surface area contributed by atoms with Crippen LogP contribution in [0.4, 0.5) is 0 Å². The molecule has 0 aromatic heterocycles. The van der Waals surface area contributed by atoms with Gasteiger partial charge in [0.1, 0.15) is 6.29 Å². The molecule has 0 aromatic rings. The fraction of sp³-hybridized carbons (Fsp3) is 0.857. The molecule has 1 fully saturated rings. The second-order valence-corrected chi connectivity index (χ2v) is 2.55. The van der Waals surface area contributed by atoms with Crippen LogP contribution < -0.4 is 5.32 Å². The average molecular weight is 142 g/mol. The molecule has 1 N–H and O–H groups in total. The Kier molecular flexibility index (Phi) is 3.40. The summed E-state index contributed by atoms with van der Waals surface area (Å²) in [7, 11) is 0. The number of nitrogens with one attached hydrogen (secondary N) is 1. The standard InChI is InChI=1S/C7H14N2O/c10-7-1-4-9-5-2-8-3-6-9/h7-8H,1-6H2. The zero-order chi connectivity index (χ0) is 7.23. The fourth-order valence-corrected chi connectivity index (χ4v) is 1.17. The van der Waals surface area contributed by atoms with Crippen LogP contribution in [0, 0.1) is 0 Å². The maximum atomic E-state index is 10.0. The van der Waals surface area contributed by atoms with Crippen molar-refractivity contribution in [3.05, 3.63) is 0 Å². The Morgan fingerprint density at radius 3 is 2.70 bits per heavy atom. The minimum Gasteiger partial charge on any atom is -0.314 e. The molecule has 3 nitrogen and oxygen atoms in total. The third kappa shape index (κ3) is 2.45. The zero-order valence-electron chi connectivity index (χ0n) is 6.18. The predicted molar refractivity (Wildman–Crippen MR) is 40.0 cm³/mol. The van der Waals surface area contributed by atoms with Crippen molar-refractivity contribution >= 4 is 6.29 Å². The first-order chi connectivity index (χ1) is 4.93. The molecule has 0 aliphatic carbocycles. The first kappa shape index (κ1) is 7.69. The van der Waals surface area contributed by atoms with Gasteiger partial charge >= 0.3 is 0 Å². The summed E-state index contributed by atoms with van der Waals surface area (Å²) in [5.74, 6) is 0. The SMILES string of the molecule is O=CCCN1CCNCC1. The second kappa shape index (κ2) is 4.41. The highest BCUT2D eigenvalue weighted by atomic mass is 16.1. The fourth-order valence-electron chi connectivity index (χ4n) is 1.17. The lowest BCUT2D eigenvalue weighted by atomic mass is 10.3. The van der Waals surface area contributed by atoms with E-state index in [0.717, 1.165) is 39.0 Å². The van der Waals surface area contributed by atoms with Crippen LogP contribution in [-0.4, -0.2) is 43.9 Å². The molecule has 0 atom stereocenters. The van der Waals surface area contributed by atoms with E-state index >= 15 is 0 Å². The van der Waals surface area contributed by atoms with Gasteiger partial charge in [-0.05, 0) is 0 Å². The van der Waals surface area contributed by atoms with Gasteiger partial charge in [-0.25, -0.2) is 0 Å². The van der Waals surface area contributed by atoms with Crippen LogP contribution in [0.25, 0.3) is 0 Å². The first-order valence-corrected chi connectivity index (χ1v) is 3.80. The summed E-state index contributed by atoms with van der Waals surface area (Å²) in [6.07, 6.45) is 1.67. The number of aldehydes is 1. The molecule has 0 aromatic carbocycles. The van der Waals surface area contributed by atoms with Crippen molar-refractivity contribution in [2.45, 2.75) is 6.42 Å². The molecule has 1 heterocycles. The van der Waals surface area contributed by atoms with E-state index in [1.165, 1.54) is 0 Å². The summed E-state index contributed by atoms with van der Waals surface area (Å²) < 4.78 is 0. The van der Waals surface area contributed by atoms with E-state index in [2.05, 4.69) is 10.2 Å². The van der Waals surface area contributed by atoms with E-state index in [4.69, 9.17) is 0 Å². The van der Waals surface area contributed by atoms with Crippen molar-refractivity contribution in [1.29, 1.82) is 0 Å². The Hall–Kier alpha value is -0.410. The Morgan fingerprint density at radius 2 is 2.10 bits per heavy atom. The Labute approximate surface area is 61.4 Å². The maximum Gasteiger partial charge on any atom is 0.121 e. The predicted octanol–water partition coefficient (Wildman–Crippen LogP) is -0.519. The minimum absolute atomic E-state index is 0.681. The lowest BCUT2D eigenvalue weighted by Crippen LogP contribution is -2.43. The maximum absolute atomic E-state index is 10.0. The van der Waals surface area contributed by atoms with E-state index in [1.807, 2.05) is 0 Å². The molecule has 0 saturated carbocycles. The highest BCUT2D eigenvalue weighted by molar-refractivity contribution is 5.49. The molecule has 1 rings (SSSR count). The van der Waals surface area contributed by atoms with E-state index < -0.39 is 0 Å². The summed E-state index contributed by atoms with van der Waals surface area (Å²) in [6.45, 7) is 5.25. The van der Waals surface area contributed by atoms with Crippen LogP contribution in [0.2, 0.25) is 0 Å². The monoisotopic (exact) mass is 142 g/mol. The van der Waals surface area contributed by atoms with Gasteiger partial charge in [0.2, 0.25) is 0 Å². The number of carbonyl (C=O) groups excluding carboxylic acids is 1. The van der Waals surface area contributed by atoms with Crippen LogP contribution in [-0.2, 0) is 4.79 Å². The van der Waals surface area contributed by atoms with Gasteiger partial charge in [0.15, 0.2) is 0 Å². The topological polar surface area (TPSA) is 32.3 Å². The molecular formula is C7H14N2O. The number of piperazine rings is 1. The Morgan fingerprint density at radius 1 is 1.40 bits per heavy atom. The van der Waals surface area contributed by atoms with Crippen molar-refractivity contribution in [3.8, 4) is 0 Å². The van der Waals surface area contributed by atoms with Crippen molar-refractivity contribution in [2.24, 2.45) is 0 Å². The summed E-state index contributed by atoms with van der Waals surface area (Å²) in [5.41, 5.74) is 0. The van der Waals surface area contributed by atoms with Gasteiger partial charge in [-0.3, -0.25) is 0 Å². The number of rotatable bonds is 3. The Bertz CT molecular complexity index is 99.8. The zero-order valence-corrected chi connectivity index (χ0v) is 6.18. The van der Waals surface area contributed by atoms with Crippen LogP contribution in [0.3, 0.4) is 0 Å². The summed E-state index contributed by atoms with van der Waals surface area (Å²) in [6, 6.07) is 0. The third-order valence-corrected chi connectivity index (χ3v) is 1.77. The van der Waals surface area contributed by atoms with Gasteiger partial charge < -0.3 is 15.0 Å². The van der Waals surface area contributed by atoms with Gasteiger partial charge in [0.05, 0.1) is 0 Å². The second-order valence-electron chi connectivity index (χ2n) is 2.55. The number of carbonyl (C=O) groups is 1. The minimum atomic E-state index is 0.681. The van der Waals surface area contributed by atoms with Crippen molar-refractivity contribution in [1.82, 2.24) is 10.2 Å². The molecular weight excluding hydrogens is 128 g/mol. The van der Waals surface area contributed by atoms with E-state index in [0.29, 0.717) is 6.42 Å². The molecule has 0 spiro atoms. The van der Waals surface area contributed by atoms with Crippen LogP contribution in [0.1, 0.15) is 6.42 Å². The highest BCUT2D eigenvalue weighted by Crippen LogP contribution is 1.91. The molecule has 0 radical (unpaired) electrons. The van der Waals surface area contributed by atoms with E-state index in [1.54, 1.807) is 0 Å². The van der Waals surface area contributed by atoms with Gasteiger partial charge in [-0.1, -0.05) is 0 Å². The third-order valence-electron chi connectivity index (χ3n) is 1.77. The average Bonchev–Trinajstić information content (AvgIpc) is 2.03. The van der Waals surface area contributed by atoms with Gasteiger partial charge in [-0.2, -0.15) is 0 Å². The quantitative estimate of drug-likeness (QED) is 0.538. The molecule has 0 bridgehead atoms. The molecule has 1 aliphatic rings. The largest absolute Gasteiger partial charge is 0.314 e. The van der Waals surface area contributed by atoms with Crippen LogP contribution in [0.5, 0.6) is 0 Å². The summed E-state index contributed by atoms with van der Waals surface area (Å²) in [5, 5.41) is 3.26. The van der Waals surface area contributed by atoms with Crippen LogP contribution >= 0.6 is 0 Å². The number of nitrogens with zero attached hydrogens (tertiary/aromatic N) is 1. The van der Waals surface area contributed by atoms with Crippen molar-refractivity contribution in [3.63, 3.8) is 0 Å². The van der Waals surface area contributed by atoms with Gasteiger partial charge in [0.25, 0.3) is 0 Å². The first-order valence-electron chi connectivity index (χ1n) is 3.80. The molecule has 3 heteroatoms. The van der Waals surface area contributed by atoms with Crippen LogP contribution in [0.15, 0.2) is 0 Å². The summed E-state index contributed by atoms with van der Waals surface area (Å²) >= 11 is 0. The van der Waals surface area contributed by atoms with Crippen molar-refractivity contribution < 1.29 is 4.79 Å². The van der Waals surface area contributed by atoms with Crippen molar-refractivity contribution in [2.75, 3.05) is 32.7 Å². The lowest BCUT2D eigenvalue weighted by molar-refractivity contribution is -0.108. The lowest BCUT2D eigenvalue weighted by Gasteiger charge is -2.26. The Balaban J connectivity index is 2.07. The highest BCUT2D eigenvalue weighted by Gasteiger charge is 2.07. The van der Waals surface area contributed by atoms with E-state index in [-0.39, 0.29) is 0 Å². The smallest absolute Gasteiger partial charge is 0.121 e. The normalized spacial score (nSPS) is 20.8. The number of hydrogen-bond donors (Lipinski definition) is 1. The molecule has 0 unspecified atom stereocenters. The molecule has 0 amide bonds. The molecule has 58 valence electrons. The summed E-state index contributed by atoms with van der Waals surface area (Å²) in [4.78, 5) is 12.3. The van der Waals surface area contributed by atoms with Gasteiger partial charge in [-0.15, -0.1) is 0 Å². The molecule has 10 heavy (non-hydrogen) atoms. The van der Waals surface area contributed by atoms with Gasteiger partial charge in [0, 0.05) is 39.1 Å². The van der Waals surface area contributed by atoms with E-state index in [9.17, 15) is 4.79 Å². The molecule has 1 aliphatic heterocycles.